The van der Waals surface area contributed by atoms with Gasteiger partial charge in [0, 0.05) is 48.0 Å². The van der Waals surface area contributed by atoms with Gasteiger partial charge >= 0.3 is 0 Å². The Bertz CT molecular complexity index is 942. The third-order valence-electron chi connectivity index (χ3n) is 5.27. The fraction of sp³-hybridized carbons (Fsp3) is 0.381. The van der Waals surface area contributed by atoms with Gasteiger partial charge in [-0.05, 0) is 30.3 Å². The van der Waals surface area contributed by atoms with Crippen LogP contribution in [0.3, 0.4) is 0 Å². The maximum atomic E-state index is 11.9. The number of halogens is 1. The van der Waals surface area contributed by atoms with Crippen LogP contribution in [0.2, 0.25) is 0 Å². The number of nitro groups is 1. The number of morpholine rings is 2. The highest BCUT2D eigenvalue weighted by Gasteiger charge is 2.26. The fourth-order valence-electron chi connectivity index (χ4n) is 3.67. The van der Waals surface area contributed by atoms with Crippen molar-refractivity contribution in [3.8, 4) is 0 Å². The second kappa shape index (κ2) is 10.1. The Labute approximate surface area is 188 Å². The molecule has 0 saturated carbocycles. The third-order valence-corrected chi connectivity index (χ3v) is 5.79. The number of hydrogen-bond donors (Lipinski definition) is 1. The van der Waals surface area contributed by atoms with E-state index in [9.17, 15) is 10.1 Å². The molecule has 0 spiro atoms. The van der Waals surface area contributed by atoms with Gasteiger partial charge in [-0.3, -0.25) is 15.5 Å². The molecule has 9 nitrogen and oxygen atoms in total. The zero-order chi connectivity index (χ0) is 21.6. The smallest absolute Gasteiger partial charge is 0.293 e. The molecule has 2 aromatic carbocycles. The largest absolute Gasteiger partial charge is 0.378 e. The molecule has 2 aliphatic heterocycles. The SMILES string of the molecule is O=[N+]([O-])c1cc(/C=N\Nc2ccc(Br)cc2)c(N2CCOCC2)cc1N1CCOCC1. The summed E-state index contributed by atoms with van der Waals surface area (Å²) in [5.41, 5.74) is 6.11. The molecule has 2 aromatic rings. The van der Waals surface area contributed by atoms with Gasteiger partial charge in [0.15, 0.2) is 0 Å². The summed E-state index contributed by atoms with van der Waals surface area (Å²) in [6.07, 6.45) is 1.64. The van der Waals surface area contributed by atoms with Gasteiger partial charge in [0.25, 0.3) is 5.69 Å². The van der Waals surface area contributed by atoms with E-state index in [0.717, 1.165) is 28.9 Å². The van der Waals surface area contributed by atoms with E-state index in [1.54, 1.807) is 12.3 Å². The van der Waals surface area contributed by atoms with Crippen molar-refractivity contribution in [2.45, 2.75) is 0 Å². The van der Waals surface area contributed by atoms with Gasteiger partial charge in [-0.1, -0.05) is 15.9 Å². The summed E-state index contributed by atoms with van der Waals surface area (Å²) >= 11 is 3.41. The highest BCUT2D eigenvalue weighted by molar-refractivity contribution is 9.10. The first-order chi connectivity index (χ1) is 15.1. The molecule has 10 heteroatoms. The van der Waals surface area contributed by atoms with Gasteiger partial charge in [0.2, 0.25) is 0 Å². The highest BCUT2D eigenvalue weighted by Crippen LogP contribution is 2.36. The molecule has 0 aliphatic carbocycles. The standard InChI is InChI=1S/C21H24BrN5O4/c22-17-1-3-18(4-2-17)24-23-15-16-13-21(27(28)29)20(26-7-11-31-12-8-26)14-19(16)25-5-9-30-10-6-25/h1-4,13-15,24H,5-12H2/b23-15-. The number of nitro benzene ring substituents is 1. The average Bonchev–Trinajstić information content (AvgIpc) is 2.81. The lowest BCUT2D eigenvalue weighted by Gasteiger charge is -2.33. The Hall–Kier alpha value is -2.69. The van der Waals surface area contributed by atoms with Crippen molar-refractivity contribution in [2.75, 3.05) is 67.8 Å². The van der Waals surface area contributed by atoms with Gasteiger partial charge in [-0.15, -0.1) is 0 Å². The topological polar surface area (TPSA) is 92.5 Å². The molecule has 0 amide bonds. The van der Waals surface area contributed by atoms with Crippen LogP contribution >= 0.6 is 15.9 Å². The van der Waals surface area contributed by atoms with Crippen LogP contribution in [0.15, 0.2) is 46.0 Å². The van der Waals surface area contributed by atoms with Crippen LogP contribution in [-0.2, 0) is 9.47 Å². The van der Waals surface area contributed by atoms with Crippen LogP contribution in [0.4, 0.5) is 22.7 Å². The van der Waals surface area contributed by atoms with Crippen molar-refractivity contribution >= 4 is 44.9 Å². The molecule has 0 bridgehead atoms. The van der Waals surface area contributed by atoms with Gasteiger partial charge in [-0.2, -0.15) is 5.10 Å². The molecule has 2 saturated heterocycles. The van der Waals surface area contributed by atoms with Crippen molar-refractivity contribution in [3.05, 3.63) is 56.5 Å². The number of ether oxygens (including phenoxy) is 2. The van der Waals surface area contributed by atoms with E-state index in [4.69, 9.17) is 9.47 Å². The van der Waals surface area contributed by atoms with Crippen LogP contribution in [0.25, 0.3) is 0 Å². The highest BCUT2D eigenvalue weighted by atomic mass is 79.9. The lowest BCUT2D eigenvalue weighted by molar-refractivity contribution is -0.384. The summed E-state index contributed by atoms with van der Waals surface area (Å²) in [6, 6.07) is 11.2. The number of anilines is 3. The first-order valence-electron chi connectivity index (χ1n) is 10.1. The molecule has 0 radical (unpaired) electrons. The van der Waals surface area contributed by atoms with E-state index in [1.807, 2.05) is 35.2 Å². The number of benzene rings is 2. The summed E-state index contributed by atoms with van der Waals surface area (Å²) in [5.74, 6) is 0. The molecule has 2 heterocycles. The van der Waals surface area contributed by atoms with Crippen LogP contribution in [0.5, 0.6) is 0 Å². The lowest BCUT2D eigenvalue weighted by Crippen LogP contribution is -2.38. The maximum Gasteiger partial charge on any atom is 0.293 e. The van der Waals surface area contributed by atoms with Crippen LogP contribution in [-0.4, -0.2) is 63.7 Å². The molecule has 1 N–H and O–H groups in total. The Kier molecular flexibility index (Phi) is 7.00. The number of hydrogen-bond acceptors (Lipinski definition) is 8. The molecular formula is C21H24BrN5O4. The van der Waals surface area contributed by atoms with Crippen LogP contribution < -0.4 is 15.2 Å². The molecule has 164 valence electrons. The molecular weight excluding hydrogens is 466 g/mol. The zero-order valence-electron chi connectivity index (χ0n) is 17.0. The summed E-state index contributed by atoms with van der Waals surface area (Å²) in [4.78, 5) is 15.8. The monoisotopic (exact) mass is 489 g/mol. The first kappa shape index (κ1) is 21.5. The van der Waals surface area contributed by atoms with E-state index in [0.29, 0.717) is 50.8 Å². The normalized spacial score (nSPS) is 17.2. The second-order valence-electron chi connectivity index (χ2n) is 7.23. The minimum atomic E-state index is -0.326. The number of rotatable bonds is 6. The zero-order valence-corrected chi connectivity index (χ0v) is 18.6. The van der Waals surface area contributed by atoms with Gasteiger partial charge in [0.1, 0.15) is 5.69 Å². The first-order valence-corrected chi connectivity index (χ1v) is 10.9. The molecule has 4 rings (SSSR count). The maximum absolute atomic E-state index is 11.9. The predicted molar refractivity (Wildman–Crippen MR) is 125 cm³/mol. The van der Waals surface area contributed by atoms with Gasteiger partial charge in [0.05, 0.1) is 43.3 Å². The van der Waals surface area contributed by atoms with Crippen LogP contribution in [0.1, 0.15) is 5.56 Å². The van der Waals surface area contributed by atoms with Crippen molar-refractivity contribution in [1.82, 2.24) is 0 Å². The average molecular weight is 490 g/mol. The molecule has 2 fully saturated rings. The predicted octanol–water partition coefficient (Wildman–Crippen LogP) is 3.48. The summed E-state index contributed by atoms with van der Waals surface area (Å²) in [7, 11) is 0. The Balaban J connectivity index is 1.68. The van der Waals surface area contributed by atoms with E-state index in [1.165, 1.54) is 0 Å². The molecule has 2 aliphatic rings. The summed E-state index contributed by atoms with van der Waals surface area (Å²) in [6.45, 7) is 5.07. The molecule has 0 atom stereocenters. The molecule has 0 unspecified atom stereocenters. The van der Waals surface area contributed by atoms with Crippen molar-refractivity contribution in [1.29, 1.82) is 0 Å². The fourth-order valence-corrected chi connectivity index (χ4v) is 3.93. The van der Waals surface area contributed by atoms with Crippen molar-refractivity contribution in [3.63, 3.8) is 0 Å². The van der Waals surface area contributed by atoms with E-state index < -0.39 is 0 Å². The van der Waals surface area contributed by atoms with E-state index >= 15 is 0 Å². The summed E-state index contributed by atoms with van der Waals surface area (Å²) in [5, 5.41) is 16.2. The third kappa shape index (κ3) is 5.33. The molecule has 0 aromatic heterocycles. The Morgan fingerprint density at radius 1 is 0.968 bits per heavy atom. The van der Waals surface area contributed by atoms with Crippen LogP contribution in [0, 0.1) is 10.1 Å². The van der Waals surface area contributed by atoms with E-state index in [2.05, 4.69) is 31.4 Å². The number of nitrogens with one attached hydrogen (secondary N) is 1. The second-order valence-corrected chi connectivity index (χ2v) is 8.15. The van der Waals surface area contributed by atoms with E-state index in [-0.39, 0.29) is 10.6 Å². The Morgan fingerprint density at radius 3 is 2.13 bits per heavy atom. The van der Waals surface area contributed by atoms with Crippen molar-refractivity contribution < 1.29 is 14.4 Å². The van der Waals surface area contributed by atoms with Gasteiger partial charge in [-0.25, -0.2) is 0 Å². The number of hydrazone groups is 1. The summed E-state index contributed by atoms with van der Waals surface area (Å²) < 4.78 is 11.9. The minimum absolute atomic E-state index is 0.0731. The molecule has 31 heavy (non-hydrogen) atoms. The minimum Gasteiger partial charge on any atom is -0.378 e. The van der Waals surface area contributed by atoms with Crippen molar-refractivity contribution in [2.24, 2.45) is 5.10 Å². The van der Waals surface area contributed by atoms with Gasteiger partial charge < -0.3 is 19.3 Å². The lowest BCUT2D eigenvalue weighted by atomic mass is 10.1. The Morgan fingerprint density at radius 2 is 1.55 bits per heavy atom. The number of nitrogens with zero attached hydrogens (tertiary/aromatic N) is 4. The quantitative estimate of drug-likeness (QED) is 0.377.